The van der Waals surface area contributed by atoms with Crippen LogP contribution in [0.15, 0.2) is 138 Å². The van der Waals surface area contributed by atoms with Crippen LogP contribution in [-0.2, 0) is 26.5 Å². The van der Waals surface area contributed by atoms with Crippen molar-refractivity contribution in [3.05, 3.63) is 151 Å². The van der Waals surface area contributed by atoms with Crippen LogP contribution in [0.5, 0.6) is 0 Å². The standard InChI is InChI=1S/C42H31N3O.Pt/c1-42(2,3)31-21-23-43-38(27-31)29-12-9-16-33(25-29)45(32-14-5-4-6-15-32)34-17-10-13-30(26-34)39-41-37(22-24-44-39)36-20-19-28-11-7-8-18-35(28)40(36)46-41;/h4-24,27H,1-3H3;/q-2;+2. The van der Waals surface area contributed by atoms with Crippen molar-refractivity contribution in [1.29, 1.82) is 0 Å². The number of furan rings is 1. The Morgan fingerprint density at radius 1 is 0.596 bits per heavy atom. The van der Waals surface area contributed by atoms with E-state index in [9.17, 15) is 0 Å². The molecule has 0 spiro atoms. The molecule has 0 fully saturated rings. The molecule has 0 aliphatic carbocycles. The van der Waals surface area contributed by atoms with Crippen molar-refractivity contribution in [2.45, 2.75) is 26.2 Å². The molecule has 4 nitrogen and oxygen atoms in total. The van der Waals surface area contributed by atoms with Gasteiger partial charge in [0.15, 0.2) is 0 Å². The van der Waals surface area contributed by atoms with E-state index in [1.807, 2.05) is 54.9 Å². The number of fused-ring (bicyclic) bond motifs is 5. The van der Waals surface area contributed by atoms with Crippen LogP contribution in [0.1, 0.15) is 26.3 Å². The Labute approximate surface area is 289 Å². The smallest absolute Gasteiger partial charge is 0.463 e. The first-order chi connectivity index (χ1) is 22.4. The van der Waals surface area contributed by atoms with Crippen LogP contribution in [0.2, 0.25) is 0 Å². The van der Waals surface area contributed by atoms with Gasteiger partial charge in [0.25, 0.3) is 0 Å². The number of rotatable bonds is 5. The van der Waals surface area contributed by atoms with E-state index in [0.29, 0.717) is 0 Å². The van der Waals surface area contributed by atoms with Gasteiger partial charge in [0, 0.05) is 39.9 Å². The third-order valence-corrected chi connectivity index (χ3v) is 8.49. The molecule has 0 amide bonds. The minimum absolute atomic E-state index is 0. The van der Waals surface area contributed by atoms with Crippen molar-refractivity contribution in [2.75, 3.05) is 4.90 Å². The molecule has 0 aliphatic rings. The summed E-state index contributed by atoms with van der Waals surface area (Å²) >= 11 is 0. The van der Waals surface area contributed by atoms with Crippen LogP contribution >= 0.6 is 0 Å². The Bertz CT molecular complexity index is 2370. The number of nitrogens with zero attached hydrogens (tertiary/aromatic N) is 3. The monoisotopic (exact) mass is 788 g/mol. The van der Waals surface area contributed by atoms with Crippen LogP contribution in [0.4, 0.5) is 17.1 Å². The van der Waals surface area contributed by atoms with Crippen LogP contribution in [0.3, 0.4) is 0 Å². The van der Waals surface area contributed by atoms with Gasteiger partial charge in [0.05, 0.1) is 0 Å². The maximum Gasteiger partial charge on any atom is 2.00 e. The number of hydrogen-bond donors (Lipinski definition) is 0. The van der Waals surface area contributed by atoms with E-state index in [1.54, 1.807) is 0 Å². The van der Waals surface area contributed by atoms with Gasteiger partial charge in [0.2, 0.25) is 0 Å². The third-order valence-electron chi connectivity index (χ3n) is 8.49. The Morgan fingerprint density at radius 2 is 1.28 bits per heavy atom. The van der Waals surface area contributed by atoms with Crippen molar-refractivity contribution in [2.24, 2.45) is 0 Å². The summed E-state index contributed by atoms with van der Waals surface area (Å²) in [6.45, 7) is 6.65. The summed E-state index contributed by atoms with van der Waals surface area (Å²) in [5, 5.41) is 4.35. The van der Waals surface area contributed by atoms with Gasteiger partial charge in [-0.05, 0) is 63.8 Å². The second-order valence-corrected chi connectivity index (χ2v) is 12.6. The largest absolute Gasteiger partial charge is 2.00 e. The number of para-hydroxylation sites is 1. The van der Waals surface area contributed by atoms with Crippen LogP contribution in [0.25, 0.3) is 55.2 Å². The van der Waals surface area contributed by atoms with Gasteiger partial charge in [-0.15, -0.1) is 59.7 Å². The molecule has 0 unspecified atom stereocenters. The maximum absolute atomic E-state index is 6.61. The molecule has 8 aromatic rings. The Kier molecular flexibility index (Phi) is 7.99. The minimum Gasteiger partial charge on any atom is -0.463 e. The van der Waals surface area contributed by atoms with Crippen molar-refractivity contribution in [3.8, 4) is 22.5 Å². The van der Waals surface area contributed by atoms with Gasteiger partial charge < -0.3 is 19.3 Å². The molecule has 0 saturated carbocycles. The molecular formula is C42H31N3OPt. The average Bonchev–Trinajstić information content (AvgIpc) is 3.49. The molecule has 0 atom stereocenters. The quantitative estimate of drug-likeness (QED) is 0.163. The molecular weight excluding hydrogens is 758 g/mol. The summed E-state index contributed by atoms with van der Waals surface area (Å²) in [7, 11) is 0. The zero-order valence-corrected chi connectivity index (χ0v) is 28.5. The van der Waals surface area contributed by atoms with Crippen LogP contribution < -0.4 is 4.90 Å². The molecule has 0 bridgehead atoms. The molecule has 8 rings (SSSR count). The first-order valence-electron chi connectivity index (χ1n) is 15.5. The Morgan fingerprint density at radius 3 is 2.06 bits per heavy atom. The molecule has 5 heteroatoms. The van der Waals surface area contributed by atoms with E-state index in [4.69, 9.17) is 14.4 Å². The van der Waals surface area contributed by atoms with E-state index in [2.05, 4.69) is 117 Å². The average molecular weight is 789 g/mol. The van der Waals surface area contributed by atoms with Gasteiger partial charge >= 0.3 is 21.1 Å². The van der Waals surface area contributed by atoms with Gasteiger partial charge in [0.1, 0.15) is 11.2 Å². The van der Waals surface area contributed by atoms with E-state index in [1.165, 1.54) is 5.56 Å². The van der Waals surface area contributed by atoms with E-state index in [0.717, 1.165) is 72.3 Å². The zero-order valence-electron chi connectivity index (χ0n) is 26.3. The molecule has 47 heavy (non-hydrogen) atoms. The number of benzene rings is 5. The van der Waals surface area contributed by atoms with E-state index >= 15 is 0 Å². The maximum atomic E-state index is 6.61. The van der Waals surface area contributed by atoms with Crippen molar-refractivity contribution in [3.63, 3.8) is 0 Å². The van der Waals surface area contributed by atoms with Crippen LogP contribution in [0, 0.1) is 12.1 Å². The summed E-state index contributed by atoms with van der Waals surface area (Å²) in [6, 6.07) is 48.9. The summed E-state index contributed by atoms with van der Waals surface area (Å²) in [5.74, 6) is 0. The summed E-state index contributed by atoms with van der Waals surface area (Å²) < 4.78 is 6.61. The molecule has 0 N–H and O–H groups in total. The van der Waals surface area contributed by atoms with Gasteiger partial charge in [-0.3, -0.25) is 0 Å². The second-order valence-electron chi connectivity index (χ2n) is 12.6. The first kappa shape index (κ1) is 30.6. The molecule has 230 valence electrons. The molecule has 3 heterocycles. The zero-order chi connectivity index (χ0) is 31.3. The number of anilines is 3. The van der Waals surface area contributed by atoms with E-state index in [-0.39, 0.29) is 26.5 Å². The fraction of sp³-hybridized carbons (Fsp3) is 0.0952. The van der Waals surface area contributed by atoms with E-state index < -0.39 is 0 Å². The number of aromatic nitrogens is 2. The predicted octanol–water partition coefficient (Wildman–Crippen LogP) is 11.2. The third kappa shape index (κ3) is 5.64. The van der Waals surface area contributed by atoms with Crippen molar-refractivity contribution >= 4 is 49.8 Å². The fourth-order valence-electron chi connectivity index (χ4n) is 6.11. The number of hydrogen-bond acceptors (Lipinski definition) is 4. The topological polar surface area (TPSA) is 42.2 Å². The summed E-state index contributed by atoms with van der Waals surface area (Å²) in [6.07, 6.45) is 3.74. The van der Waals surface area contributed by atoms with Gasteiger partial charge in [-0.25, -0.2) is 0 Å². The van der Waals surface area contributed by atoms with Crippen molar-refractivity contribution < 1.29 is 25.5 Å². The molecule has 3 aromatic heterocycles. The fourth-order valence-corrected chi connectivity index (χ4v) is 6.11. The SMILES string of the molecule is CC(C)(C)c1ccnc(-c2[c-]c(N(c3[c-]c(-c4nccc5c4oc4c6ccccc6ccc54)ccc3)c3ccccc3)ccc2)c1.[Pt+2]. The normalized spacial score (nSPS) is 11.6. The first-order valence-corrected chi connectivity index (χ1v) is 15.5. The summed E-state index contributed by atoms with van der Waals surface area (Å²) in [4.78, 5) is 11.7. The van der Waals surface area contributed by atoms with Crippen molar-refractivity contribution in [1.82, 2.24) is 9.97 Å². The molecule has 5 aromatic carbocycles. The summed E-state index contributed by atoms with van der Waals surface area (Å²) in [5.41, 5.74) is 9.08. The molecule has 0 radical (unpaired) electrons. The molecule has 0 aliphatic heterocycles. The van der Waals surface area contributed by atoms with Gasteiger partial charge in [-0.1, -0.05) is 75.4 Å². The second kappa shape index (κ2) is 12.3. The Hall–Kier alpha value is -5.05. The minimum atomic E-state index is 0. The number of pyridine rings is 2. The van der Waals surface area contributed by atoms with Crippen LogP contribution in [-0.4, -0.2) is 9.97 Å². The Balaban J connectivity index is 0.00000351. The molecule has 0 saturated heterocycles. The van der Waals surface area contributed by atoms with Gasteiger partial charge in [-0.2, -0.15) is 0 Å². The predicted molar refractivity (Wildman–Crippen MR) is 189 cm³/mol.